The van der Waals surface area contributed by atoms with Crippen molar-refractivity contribution >= 4 is 11.4 Å². The number of hydrogen-bond acceptors (Lipinski definition) is 4. The fourth-order valence-corrected chi connectivity index (χ4v) is 2.12. The second-order valence-corrected chi connectivity index (χ2v) is 4.35. The molecule has 0 bridgehead atoms. The van der Waals surface area contributed by atoms with E-state index in [9.17, 15) is 8.78 Å². The highest BCUT2D eigenvalue weighted by Gasteiger charge is 2.19. The van der Waals surface area contributed by atoms with E-state index >= 15 is 0 Å². The van der Waals surface area contributed by atoms with Gasteiger partial charge in [-0.25, -0.2) is 0 Å². The molecule has 1 heterocycles. The summed E-state index contributed by atoms with van der Waals surface area (Å²) in [6, 6.07) is 5.31. The molecule has 0 saturated carbocycles. The number of nitrogens with one attached hydrogen (secondary N) is 1. The van der Waals surface area contributed by atoms with Gasteiger partial charge in [-0.05, 0) is 19.1 Å². The zero-order valence-corrected chi connectivity index (χ0v) is 10.2. The molecular weight excluding hydrogens is 240 g/mol. The fourth-order valence-electron chi connectivity index (χ4n) is 2.12. The number of anilines is 2. The van der Waals surface area contributed by atoms with Gasteiger partial charge in [0.15, 0.2) is 5.75 Å². The monoisotopic (exact) mass is 257 g/mol. The third-order valence-corrected chi connectivity index (χ3v) is 3.05. The number of halogens is 2. The highest BCUT2D eigenvalue weighted by molar-refractivity contribution is 5.62. The predicted molar refractivity (Wildman–Crippen MR) is 67.2 cm³/mol. The van der Waals surface area contributed by atoms with Crippen LogP contribution in [0.2, 0.25) is 0 Å². The van der Waals surface area contributed by atoms with Crippen molar-refractivity contribution in [1.29, 1.82) is 0 Å². The van der Waals surface area contributed by atoms with Crippen LogP contribution in [-0.4, -0.2) is 32.3 Å². The summed E-state index contributed by atoms with van der Waals surface area (Å²) in [5, 5.41) is 3.27. The summed E-state index contributed by atoms with van der Waals surface area (Å²) in [6.45, 7) is 1.80. The minimum Gasteiger partial charge on any atom is -0.433 e. The maximum absolute atomic E-state index is 12.2. The summed E-state index contributed by atoms with van der Waals surface area (Å²) in [5.41, 5.74) is 6.69. The standard InChI is InChI=1S/C12H17F2N3O/c1-8-7-16-4-5-17(8)9-2-3-10(15)11(6-9)18-12(13)14/h2-3,6,8,12,16H,4-5,7,15H2,1H3. The molecule has 0 spiro atoms. The molecule has 1 aromatic carbocycles. The molecule has 0 amide bonds. The van der Waals surface area contributed by atoms with E-state index in [1.54, 1.807) is 12.1 Å². The average molecular weight is 257 g/mol. The molecule has 0 aromatic heterocycles. The van der Waals surface area contributed by atoms with Gasteiger partial charge in [-0.3, -0.25) is 0 Å². The van der Waals surface area contributed by atoms with Crippen molar-refractivity contribution in [2.75, 3.05) is 30.3 Å². The van der Waals surface area contributed by atoms with Crippen molar-refractivity contribution in [2.24, 2.45) is 0 Å². The van der Waals surface area contributed by atoms with Crippen LogP contribution in [0.15, 0.2) is 18.2 Å². The van der Waals surface area contributed by atoms with Crippen molar-refractivity contribution in [3.05, 3.63) is 18.2 Å². The number of ether oxygens (including phenoxy) is 1. The second-order valence-electron chi connectivity index (χ2n) is 4.35. The summed E-state index contributed by atoms with van der Waals surface area (Å²) in [5.74, 6) is 0.0354. The molecule has 0 radical (unpaired) electrons. The molecule has 3 N–H and O–H groups in total. The number of piperazine rings is 1. The largest absolute Gasteiger partial charge is 0.433 e. The number of benzene rings is 1. The zero-order valence-electron chi connectivity index (χ0n) is 10.2. The Morgan fingerprint density at radius 1 is 1.50 bits per heavy atom. The van der Waals surface area contributed by atoms with Crippen molar-refractivity contribution < 1.29 is 13.5 Å². The molecule has 0 aliphatic carbocycles. The Balaban J connectivity index is 2.22. The number of nitrogens with zero attached hydrogens (tertiary/aromatic N) is 1. The molecule has 1 aromatic rings. The molecule has 4 nitrogen and oxygen atoms in total. The summed E-state index contributed by atoms with van der Waals surface area (Å²) in [7, 11) is 0. The third kappa shape index (κ3) is 2.81. The van der Waals surface area contributed by atoms with Crippen molar-refractivity contribution in [3.63, 3.8) is 0 Å². The van der Waals surface area contributed by atoms with Crippen LogP contribution in [0.4, 0.5) is 20.2 Å². The summed E-state index contributed by atoms with van der Waals surface area (Å²) in [4.78, 5) is 2.15. The lowest BCUT2D eigenvalue weighted by atomic mass is 10.1. The highest BCUT2D eigenvalue weighted by Crippen LogP contribution is 2.30. The summed E-state index contributed by atoms with van der Waals surface area (Å²) < 4.78 is 28.9. The topological polar surface area (TPSA) is 50.5 Å². The van der Waals surface area contributed by atoms with E-state index < -0.39 is 6.61 Å². The minimum absolute atomic E-state index is 0.0354. The van der Waals surface area contributed by atoms with Crippen LogP contribution < -0.4 is 20.7 Å². The number of nitrogen functional groups attached to an aromatic ring is 1. The molecule has 2 rings (SSSR count). The number of nitrogens with two attached hydrogens (primary N) is 1. The molecule has 1 aliphatic heterocycles. The molecular formula is C12H17F2N3O. The lowest BCUT2D eigenvalue weighted by Gasteiger charge is -2.36. The minimum atomic E-state index is -2.86. The normalized spacial score (nSPS) is 20.2. The van der Waals surface area contributed by atoms with E-state index in [2.05, 4.69) is 21.9 Å². The van der Waals surface area contributed by atoms with Crippen LogP contribution in [0.1, 0.15) is 6.92 Å². The van der Waals surface area contributed by atoms with E-state index in [-0.39, 0.29) is 11.4 Å². The smallest absolute Gasteiger partial charge is 0.387 e. The van der Waals surface area contributed by atoms with Gasteiger partial charge in [-0.1, -0.05) is 0 Å². The number of alkyl halides is 2. The SMILES string of the molecule is CC1CNCCN1c1ccc(N)c(OC(F)F)c1. The van der Waals surface area contributed by atoms with Gasteiger partial charge in [0, 0.05) is 37.4 Å². The van der Waals surface area contributed by atoms with Gasteiger partial charge in [-0.15, -0.1) is 0 Å². The van der Waals surface area contributed by atoms with Gasteiger partial charge >= 0.3 is 6.61 Å². The maximum atomic E-state index is 12.2. The van der Waals surface area contributed by atoms with Crippen molar-refractivity contribution in [2.45, 2.75) is 19.6 Å². The van der Waals surface area contributed by atoms with Gasteiger partial charge < -0.3 is 20.7 Å². The summed E-state index contributed by atoms with van der Waals surface area (Å²) in [6.07, 6.45) is 0. The van der Waals surface area contributed by atoms with Gasteiger partial charge in [0.1, 0.15) is 0 Å². The molecule has 1 saturated heterocycles. The molecule has 1 fully saturated rings. The number of hydrogen-bond donors (Lipinski definition) is 2. The van der Waals surface area contributed by atoms with Gasteiger partial charge in [0.25, 0.3) is 0 Å². The van der Waals surface area contributed by atoms with E-state index in [0.29, 0.717) is 6.04 Å². The average Bonchev–Trinajstić information content (AvgIpc) is 2.32. The van der Waals surface area contributed by atoms with Gasteiger partial charge in [-0.2, -0.15) is 8.78 Å². The molecule has 1 unspecified atom stereocenters. The van der Waals surface area contributed by atoms with Crippen LogP contribution in [0, 0.1) is 0 Å². The lowest BCUT2D eigenvalue weighted by molar-refractivity contribution is -0.0493. The highest BCUT2D eigenvalue weighted by atomic mass is 19.3. The Morgan fingerprint density at radius 2 is 2.28 bits per heavy atom. The van der Waals surface area contributed by atoms with Crippen LogP contribution in [-0.2, 0) is 0 Å². The van der Waals surface area contributed by atoms with Crippen LogP contribution >= 0.6 is 0 Å². The first-order chi connectivity index (χ1) is 8.58. The predicted octanol–water partition coefficient (Wildman–Crippen LogP) is 1.67. The molecule has 6 heteroatoms. The van der Waals surface area contributed by atoms with Crippen LogP contribution in [0.5, 0.6) is 5.75 Å². The first-order valence-corrected chi connectivity index (χ1v) is 5.89. The Kier molecular flexibility index (Phi) is 3.86. The zero-order chi connectivity index (χ0) is 13.1. The summed E-state index contributed by atoms with van der Waals surface area (Å²) >= 11 is 0. The van der Waals surface area contributed by atoms with E-state index in [1.807, 2.05) is 6.07 Å². The second kappa shape index (κ2) is 5.39. The Bertz CT molecular complexity index is 414. The van der Waals surface area contributed by atoms with Gasteiger partial charge in [0.05, 0.1) is 5.69 Å². The Hall–Kier alpha value is -1.56. The van der Waals surface area contributed by atoms with E-state index in [4.69, 9.17) is 5.73 Å². The van der Waals surface area contributed by atoms with Crippen molar-refractivity contribution in [3.8, 4) is 5.75 Å². The molecule has 1 atom stereocenters. The number of rotatable bonds is 3. The van der Waals surface area contributed by atoms with Crippen LogP contribution in [0.25, 0.3) is 0 Å². The molecule has 1 aliphatic rings. The molecule has 100 valence electrons. The first kappa shape index (κ1) is 12.9. The van der Waals surface area contributed by atoms with E-state index in [1.165, 1.54) is 0 Å². The quantitative estimate of drug-likeness (QED) is 0.809. The Labute approximate surface area is 105 Å². The van der Waals surface area contributed by atoms with Gasteiger partial charge in [0.2, 0.25) is 0 Å². The molecule has 18 heavy (non-hydrogen) atoms. The lowest BCUT2D eigenvalue weighted by Crippen LogP contribution is -2.49. The first-order valence-electron chi connectivity index (χ1n) is 5.89. The maximum Gasteiger partial charge on any atom is 0.387 e. The fraction of sp³-hybridized carbons (Fsp3) is 0.500. The van der Waals surface area contributed by atoms with E-state index in [0.717, 1.165) is 25.3 Å². The van der Waals surface area contributed by atoms with Crippen LogP contribution in [0.3, 0.4) is 0 Å². The van der Waals surface area contributed by atoms with Crippen molar-refractivity contribution in [1.82, 2.24) is 5.32 Å². The third-order valence-electron chi connectivity index (χ3n) is 3.05. The Morgan fingerprint density at radius 3 is 2.94 bits per heavy atom.